The Balaban J connectivity index is 2.23. The van der Waals surface area contributed by atoms with E-state index < -0.39 is 5.91 Å². The molecule has 0 saturated carbocycles. The summed E-state index contributed by atoms with van der Waals surface area (Å²) in [7, 11) is 0. The first kappa shape index (κ1) is 8.49. The van der Waals surface area contributed by atoms with Crippen molar-refractivity contribution < 1.29 is 14.4 Å². The highest BCUT2D eigenvalue weighted by Crippen LogP contribution is 2.27. The number of hydrogen-bond donors (Lipinski definition) is 1. The summed E-state index contributed by atoms with van der Waals surface area (Å²) in [4.78, 5) is 15.3. The van der Waals surface area contributed by atoms with Crippen molar-refractivity contribution in [3.8, 4) is 0 Å². The zero-order valence-corrected chi connectivity index (χ0v) is 6.85. The molecule has 0 bridgehead atoms. The number of rotatable bonds is 4. The van der Waals surface area contributed by atoms with Gasteiger partial charge in [-0.05, 0) is 6.42 Å². The van der Waals surface area contributed by atoms with Crippen LogP contribution in [0.3, 0.4) is 0 Å². The van der Waals surface area contributed by atoms with Crippen LogP contribution in [0.15, 0.2) is 0 Å². The van der Waals surface area contributed by atoms with E-state index in [1.165, 1.54) is 6.92 Å². The topological polar surface area (TPSA) is 60.8 Å². The maximum Gasteiger partial charge on any atom is 0.311 e. The van der Waals surface area contributed by atoms with Crippen LogP contribution in [0.2, 0.25) is 0 Å². The molecule has 0 aromatic carbocycles. The van der Waals surface area contributed by atoms with Gasteiger partial charge in [0.15, 0.2) is 0 Å². The minimum absolute atomic E-state index is 0.314. The second kappa shape index (κ2) is 3.19. The van der Waals surface area contributed by atoms with Gasteiger partial charge in [0.2, 0.25) is 0 Å². The SMILES string of the molecule is CCCCC1(OC(C)=O)NO1. The molecule has 1 fully saturated rings. The Hall–Kier alpha value is -0.610. The van der Waals surface area contributed by atoms with Gasteiger partial charge in [-0.2, -0.15) is 0 Å². The van der Waals surface area contributed by atoms with Crippen molar-refractivity contribution in [2.45, 2.75) is 39.0 Å². The molecule has 0 spiro atoms. The van der Waals surface area contributed by atoms with E-state index in [1.54, 1.807) is 0 Å². The van der Waals surface area contributed by atoms with Crippen LogP contribution in [0.4, 0.5) is 0 Å². The molecule has 1 saturated heterocycles. The van der Waals surface area contributed by atoms with E-state index in [-0.39, 0.29) is 5.97 Å². The molecule has 1 aliphatic heterocycles. The van der Waals surface area contributed by atoms with Gasteiger partial charge in [-0.1, -0.05) is 13.3 Å². The Morgan fingerprint density at radius 1 is 1.73 bits per heavy atom. The molecule has 1 heterocycles. The van der Waals surface area contributed by atoms with Crippen LogP contribution in [0.25, 0.3) is 0 Å². The highest BCUT2D eigenvalue weighted by molar-refractivity contribution is 5.66. The molecule has 1 N–H and O–H groups in total. The fourth-order valence-corrected chi connectivity index (χ4v) is 0.893. The van der Waals surface area contributed by atoms with E-state index in [0.29, 0.717) is 0 Å². The largest absolute Gasteiger partial charge is 0.415 e. The number of nitrogens with one attached hydrogen (secondary N) is 1. The molecule has 1 aliphatic rings. The third-order valence-corrected chi connectivity index (χ3v) is 1.50. The van der Waals surface area contributed by atoms with E-state index in [4.69, 9.17) is 9.57 Å². The molecular weight excluding hydrogens is 146 g/mol. The number of carbonyl (C=O) groups is 1. The van der Waals surface area contributed by atoms with Gasteiger partial charge < -0.3 is 4.74 Å². The van der Waals surface area contributed by atoms with Crippen LogP contribution in [0, 0.1) is 0 Å². The molecule has 64 valence electrons. The minimum Gasteiger partial charge on any atom is -0.415 e. The lowest BCUT2D eigenvalue weighted by Crippen LogP contribution is -2.22. The van der Waals surface area contributed by atoms with Crippen LogP contribution >= 0.6 is 0 Å². The quantitative estimate of drug-likeness (QED) is 0.489. The van der Waals surface area contributed by atoms with E-state index in [0.717, 1.165) is 19.3 Å². The summed E-state index contributed by atoms with van der Waals surface area (Å²) < 4.78 is 4.88. The first-order valence-corrected chi connectivity index (χ1v) is 3.83. The lowest BCUT2D eigenvalue weighted by molar-refractivity contribution is -0.157. The van der Waals surface area contributed by atoms with Crippen molar-refractivity contribution in [3.63, 3.8) is 0 Å². The fraction of sp³-hybridized carbons (Fsp3) is 0.857. The lowest BCUT2D eigenvalue weighted by Gasteiger charge is -2.07. The summed E-state index contributed by atoms with van der Waals surface area (Å²) in [5.74, 6) is -1.09. The van der Waals surface area contributed by atoms with Crippen molar-refractivity contribution in [2.75, 3.05) is 0 Å². The number of hydroxylamine groups is 1. The van der Waals surface area contributed by atoms with E-state index >= 15 is 0 Å². The van der Waals surface area contributed by atoms with Crippen LogP contribution in [-0.2, 0) is 14.4 Å². The van der Waals surface area contributed by atoms with Gasteiger partial charge in [0, 0.05) is 13.3 Å². The number of unbranched alkanes of at least 4 members (excludes halogenated alkanes) is 1. The van der Waals surface area contributed by atoms with Crippen LogP contribution in [-0.4, -0.2) is 11.9 Å². The predicted octanol–water partition coefficient (Wildman–Crippen LogP) is 0.928. The molecule has 4 heteroatoms. The molecule has 0 amide bonds. The Labute approximate surface area is 65.8 Å². The Bertz CT molecular complexity index is 154. The van der Waals surface area contributed by atoms with Crippen molar-refractivity contribution in [2.24, 2.45) is 0 Å². The maximum atomic E-state index is 10.5. The summed E-state index contributed by atoms with van der Waals surface area (Å²) in [5.41, 5.74) is 2.57. The first-order chi connectivity index (χ1) is 5.18. The van der Waals surface area contributed by atoms with Gasteiger partial charge in [-0.25, -0.2) is 4.84 Å². The molecular formula is C7H13NO3. The third-order valence-electron chi connectivity index (χ3n) is 1.50. The molecule has 4 nitrogen and oxygen atoms in total. The highest BCUT2D eigenvalue weighted by Gasteiger charge is 2.48. The Morgan fingerprint density at radius 2 is 2.36 bits per heavy atom. The number of ether oxygens (including phenoxy) is 1. The molecule has 1 rings (SSSR count). The minimum atomic E-state index is -0.776. The first-order valence-electron chi connectivity index (χ1n) is 3.83. The van der Waals surface area contributed by atoms with Gasteiger partial charge in [0.25, 0.3) is 0 Å². The summed E-state index contributed by atoms with van der Waals surface area (Å²) in [6.07, 6.45) is 2.78. The van der Waals surface area contributed by atoms with Crippen LogP contribution in [0.5, 0.6) is 0 Å². The Kier molecular flexibility index (Phi) is 2.46. The van der Waals surface area contributed by atoms with Crippen LogP contribution in [0.1, 0.15) is 33.1 Å². The van der Waals surface area contributed by atoms with Crippen molar-refractivity contribution >= 4 is 5.97 Å². The average Bonchev–Trinajstić information content (AvgIpc) is 2.64. The van der Waals surface area contributed by atoms with Gasteiger partial charge >= 0.3 is 11.9 Å². The number of hydrogen-bond acceptors (Lipinski definition) is 4. The normalized spacial score (nSPS) is 28.2. The summed E-state index contributed by atoms with van der Waals surface area (Å²) >= 11 is 0. The average molecular weight is 159 g/mol. The van der Waals surface area contributed by atoms with E-state index in [2.05, 4.69) is 12.4 Å². The van der Waals surface area contributed by atoms with Crippen molar-refractivity contribution in [1.82, 2.24) is 5.48 Å². The molecule has 1 unspecified atom stereocenters. The summed E-state index contributed by atoms with van der Waals surface area (Å²) in [6.45, 7) is 3.45. The number of carbonyl (C=O) groups excluding carboxylic acids is 1. The van der Waals surface area contributed by atoms with Crippen molar-refractivity contribution in [1.29, 1.82) is 0 Å². The van der Waals surface area contributed by atoms with Gasteiger partial charge in [0.1, 0.15) is 0 Å². The molecule has 0 aliphatic carbocycles. The number of esters is 1. The molecule has 0 aromatic heterocycles. The standard InChI is InChI=1S/C7H13NO3/c1-3-4-5-7(8-11-7)10-6(2)9/h8H,3-5H2,1-2H3. The summed E-state index contributed by atoms with van der Waals surface area (Å²) in [5, 5.41) is 0. The third kappa shape index (κ3) is 2.48. The van der Waals surface area contributed by atoms with Gasteiger partial charge in [0.05, 0.1) is 0 Å². The fourth-order valence-electron chi connectivity index (χ4n) is 0.893. The second-order valence-electron chi connectivity index (χ2n) is 2.65. The molecule has 0 radical (unpaired) electrons. The predicted molar refractivity (Wildman–Crippen MR) is 38.2 cm³/mol. The molecule has 11 heavy (non-hydrogen) atoms. The monoisotopic (exact) mass is 159 g/mol. The van der Waals surface area contributed by atoms with Gasteiger partial charge in [-0.3, -0.25) is 4.79 Å². The highest BCUT2D eigenvalue weighted by atomic mass is 16.9. The maximum absolute atomic E-state index is 10.5. The zero-order valence-electron chi connectivity index (χ0n) is 6.85. The van der Waals surface area contributed by atoms with Gasteiger partial charge in [-0.15, -0.1) is 5.48 Å². The Morgan fingerprint density at radius 3 is 2.73 bits per heavy atom. The molecule has 1 atom stereocenters. The van der Waals surface area contributed by atoms with Crippen molar-refractivity contribution in [3.05, 3.63) is 0 Å². The smallest absolute Gasteiger partial charge is 0.311 e. The lowest BCUT2D eigenvalue weighted by atomic mass is 10.2. The van der Waals surface area contributed by atoms with E-state index in [1.807, 2.05) is 0 Å². The molecule has 0 aromatic rings. The van der Waals surface area contributed by atoms with E-state index in [9.17, 15) is 4.79 Å². The summed E-state index contributed by atoms with van der Waals surface area (Å²) in [6, 6.07) is 0. The zero-order chi connectivity index (χ0) is 8.32. The second-order valence-corrected chi connectivity index (χ2v) is 2.65. The van der Waals surface area contributed by atoms with Crippen LogP contribution < -0.4 is 5.48 Å².